The van der Waals surface area contributed by atoms with Crippen LogP contribution in [0, 0.1) is 0 Å². The number of rotatable bonds is 12. The summed E-state index contributed by atoms with van der Waals surface area (Å²) in [7, 11) is -4.17. The molecule has 0 heterocycles. The van der Waals surface area contributed by atoms with Gasteiger partial charge in [-0.2, -0.15) is 0 Å². The second-order valence-electron chi connectivity index (χ2n) is 4.84. The van der Waals surface area contributed by atoms with Crippen molar-refractivity contribution in [2.75, 3.05) is 0 Å². The first-order chi connectivity index (χ1) is 8.56. The van der Waals surface area contributed by atoms with Crippen molar-refractivity contribution in [1.82, 2.24) is 0 Å². The standard InChI is InChI=1S/C14H28O3S.K/c1-2-3-4-5-6-7-8-9-10-11-12-13-14-18(15,16)17;/h13-14H,2-12H2,1H3,(H,15,16,17);/q;+1/p-1. The molecule has 0 aliphatic rings. The van der Waals surface area contributed by atoms with E-state index in [0.717, 1.165) is 18.2 Å². The van der Waals surface area contributed by atoms with Crippen LogP contribution in [0.5, 0.6) is 0 Å². The van der Waals surface area contributed by atoms with E-state index in [1.54, 1.807) is 0 Å². The van der Waals surface area contributed by atoms with Crippen molar-refractivity contribution in [1.29, 1.82) is 0 Å². The van der Waals surface area contributed by atoms with Crippen molar-refractivity contribution < 1.29 is 64.4 Å². The predicted molar refractivity (Wildman–Crippen MR) is 75.3 cm³/mol. The summed E-state index contributed by atoms with van der Waals surface area (Å²) >= 11 is 0. The minimum Gasteiger partial charge on any atom is -0.744 e. The van der Waals surface area contributed by atoms with E-state index in [2.05, 4.69) is 6.92 Å². The molecule has 0 bridgehead atoms. The van der Waals surface area contributed by atoms with Crippen LogP contribution in [-0.2, 0) is 10.1 Å². The zero-order valence-corrected chi connectivity index (χ0v) is 16.5. The minimum atomic E-state index is -4.17. The summed E-state index contributed by atoms with van der Waals surface area (Å²) in [5.41, 5.74) is 0. The molecule has 0 unspecified atom stereocenters. The molecule has 0 rings (SSSR count). The van der Waals surface area contributed by atoms with Gasteiger partial charge in [-0.1, -0.05) is 70.8 Å². The van der Waals surface area contributed by atoms with E-state index >= 15 is 0 Å². The monoisotopic (exact) mass is 314 g/mol. The van der Waals surface area contributed by atoms with Crippen LogP contribution in [0.15, 0.2) is 11.5 Å². The Bertz CT molecular complexity index is 300. The number of hydrogen-bond acceptors (Lipinski definition) is 3. The van der Waals surface area contributed by atoms with E-state index in [4.69, 9.17) is 0 Å². The van der Waals surface area contributed by atoms with Crippen LogP contribution >= 0.6 is 0 Å². The van der Waals surface area contributed by atoms with Gasteiger partial charge in [0.15, 0.2) is 0 Å². The molecule has 0 atom stereocenters. The van der Waals surface area contributed by atoms with E-state index in [9.17, 15) is 13.0 Å². The molecule has 0 amide bonds. The van der Waals surface area contributed by atoms with Crippen LogP contribution in [0.2, 0.25) is 0 Å². The second kappa shape index (κ2) is 15.7. The molecule has 0 N–H and O–H groups in total. The molecule has 0 saturated carbocycles. The molecule has 0 spiro atoms. The van der Waals surface area contributed by atoms with Crippen LogP contribution in [-0.4, -0.2) is 13.0 Å². The Hall–Kier alpha value is 1.29. The Kier molecular flexibility index (Phi) is 18.6. The third kappa shape index (κ3) is 21.7. The average Bonchev–Trinajstić information content (AvgIpc) is 2.29. The van der Waals surface area contributed by atoms with Crippen molar-refractivity contribution in [3.63, 3.8) is 0 Å². The Morgan fingerprint density at radius 3 is 1.68 bits per heavy atom. The molecule has 19 heavy (non-hydrogen) atoms. The molecular weight excluding hydrogens is 287 g/mol. The average molecular weight is 315 g/mol. The zero-order chi connectivity index (χ0) is 13.7. The molecule has 0 aliphatic heterocycles. The Morgan fingerprint density at radius 2 is 1.26 bits per heavy atom. The summed E-state index contributed by atoms with van der Waals surface area (Å²) in [6, 6.07) is 0. The molecule has 0 aromatic carbocycles. The fourth-order valence-electron chi connectivity index (χ4n) is 1.94. The Balaban J connectivity index is 0. The van der Waals surface area contributed by atoms with Gasteiger partial charge in [-0.25, -0.2) is 8.42 Å². The molecule has 0 saturated heterocycles. The van der Waals surface area contributed by atoms with Gasteiger partial charge in [-0.05, 0) is 12.8 Å². The van der Waals surface area contributed by atoms with Crippen molar-refractivity contribution in [3.8, 4) is 0 Å². The van der Waals surface area contributed by atoms with Crippen LogP contribution < -0.4 is 51.4 Å². The maximum Gasteiger partial charge on any atom is 1.00 e. The quantitative estimate of drug-likeness (QED) is 0.310. The van der Waals surface area contributed by atoms with E-state index < -0.39 is 10.1 Å². The largest absolute Gasteiger partial charge is 1.00 e. The summed E-state index contributed by atoms with van der Waals surface area (Å²) in [5.74, 6) is 0. The van der Waals surface area contributed by atoms with Crippen LogP contribution in [0.3, 0.4) is 0 Å². The van der Waals surface area contributed by atoms with Gasteiger partial charge >= 0.3 is 51.4 Å². The minimum absolute atomic E-state index is 0. The summed E-state index contributed by atoms with van der Waals surface area (Å²) in [4.78, 5) is 0. The summed E-state index contributed by atoms with van der Waals surface area (Å²) in [6.45, 7) is 2.23. The van der Waals surface area contributed by atoms with Crippen LogP contribution in [0.25, 0.3) is 0 Å². The molecule has 0 aliphatic carbocycles. The molecular formula is C14H27KO3S. The molecule has 3 nitrogen and oxygen atoms in total. The van der Waals surface area contributed by atoms with Crippen molar-refractivity contribution >= 4 is 10.1 Å². The summed E-state index contributed by atoms with van der Waals surface area (Å²) in [6.07, 6.45) is 14.8. The van der Waals surface area contributed by atoms with Gasteiger partial charge in [-0.3, -0.25) is 0 Å². The smallest absolute Gasteiger partial charge is 0.744 e. The van der Waals surface area contributed by atoms with Gasteiger partial charge in [0.25, 0.3) is 0 Å². The van der Waals surface area contributed by atoms with Gasteiger partial charge in [0, 0.05) is 5.41 Å². The van der Waals surface area contributed by atoms with Crippen molar-refractivity contribution in [2.45, 2.75) is 77.6 Å². The topological polar surface area (TPSA) is 57.2 Å². The third-order valence-electron chi connectivity index (χ3n) is 2.99. The maximum atomic E-state index is 10.3. The van der Waals surface area contributed by atoms with E-state index in [0.29, 0.717) is 6.42 Å². The van der Waals surface area contributed by atoms with E-state index in [-0.39, 0.29) is 51.4 Å². The molecule has 5 heteroatoms. The van der Waals surface area contributed by atoms with Crippen molar-refractivity contribution in [3.05, 3.63) is 11.5 Å². The predicted octanol–water partition coefficient (Wildman–Crippen LogP) is 1.36. The Labute approximate surface area is 161 Å². The Morgan fingerprint density at radius 1 is 0.842 bits per heavy atom. The van der Waals surface area contributed by atoms with Gasteiger partial charge in [0.1, 0.15) is 10.1 Å². The number of allylic oxidation sites excluding steroid dienone is 1. The number of unbranched alkanes of at least 4 members (excludes halogenated alkanes) is 10. The van der Waals surface area contributed by atoms with Gasteiger partial charge in [0.05, 0.1) is 0 Å². The van der Waals surface area contributed by atoms with Crippen LogP contribution in [0.4, 0.5) is 0 Å². The van der Waals surface area contributed by atoms with Crippen molar-refractivity contribution in [2.24, 2.45) is 0 Å². The maximum absolute atomic E-state index is 10.3. The summed E-state index contributed by atoms with van der Waals surface area (Å²) < 4.78 is 30.8. The van der Waals surface area contributed by atoms with Gasteiger partial charge < -0.3 is 4.55 Å². The summed E-state index contributed by atoms with van der Waals surface area (Å²) in [5, 5.41) is 0.765. The second-order valence-corrected chi connectivity index (χ2v) is 6.09. The van der Waals surface area contributed by atoms with E-state index in [1.807, 2.05) is 0 Å². The number of hydrogen-bond donors (Lipinski definition) is 0. The molecule has 0 aromatic rings. The normalized spacial score (nSPS) is 11.7. The van der Waals surface area contributed by atoms with E-state index in [1.165, 1.54) is 57.4 Å². The van der Waals surface area contributed by atoms with Gasteiger partial charge in [-0.15, -0.1) is 0 Å². The fourth-order valence-corrected chi connectivity index (χ4v) is 2.31. The molecule has 108 valence electrons. The van der Waals surface area contributed by atoms with Gasteiger partial charge in [0.2, 0.25) is 0 Å². The SMILES string of the molecule is CCCCCCCCCCCCC=CS(=O)(=O)[O-].[K+]. The first kappa shape index (κ1) is 22.6. The molecule has 0 radical (unpaired) electrons. The van der Waals surface area contributed by atoms with Crippen LogP contribution in [0.1, 0.15) is 77.6 Å². The fraction of sp³-hybridized carbons (Fsp3) is 0.857. The first-order valence-corrected chi connectivity index (χ1v) is 8.66. The molecule has 0 fully saturated rings. The zero-order valence-electron chi connectivity index (χ0n) is 12.6. The molecule has 0 aromatic heterocycles. The third-order valence-corrected chi connectivity index (χ3v) is 3.51. The first-order valence-electron chi connectivity index (χ1n) is 7.18.